The van der Waals surface area contributed by atoms with E-state index in [0.29, 0.717) is 22.8 Å². The van der Waals surface area contributed by atoms with Gasteiger partial charge in [0.05, 0.1) is 20.3 Å². The Bertz CT molecular complexity index is 573. The summed E-state index contributed by atoms with van der Waals surface area (Å²) in [5.74, 6) is 1.40. The number of hydrogen-bond donors (Lipinski definition) is 1. The van der Waals surface area contributed by atoms with Gasteiger partial charge in [-0.05, 0) is 30.3 Å². The Labute approximate surface area is 133 Å². The molecule has 122 valence electrons. The molecule has 0 aliphatic carbocycles. The second kappa shape index (κ2) is 6.59. The Balaban J connectivity index is 3.42. The molecule has 1 aromatic carbocycles. The molecule has 0 bridgehead atoms. The SMILES string of the molecule is COc1cc([C@@H](O)C#N)cc(O[Si](C)(C)C(C)(C)C)c1OC. The Hall–Kier alpha value is -1.71. The van der Waals surface area contributed by atoms with E-state index in [4.69, 9.17) is 19.2 Å². The summed E-state index contributed by atoms with van der Waals surface area (Å²) < 4.78 is 17.0. The number of rotatable bonds is 5. The summed E-state index contributed by atoms with van der Waals surface area (Å²) in [6.07, 6.45) is -1.23. The predicted molar refractivity (Wildman–Crippen MR) is 87.9 cm³/mol. The van der Waals surface area contributed by atoms with E-state index < -0.39 is 14.4 Å². The van der Waals surface area contributed by atoms with E-state index >= 15 is 0 Å². The Morgan fingerprint density at radius 1 is 1.14 bits per heavy atom. The molecule has 0 spiro atoms. The van der Waals surface area contributed by atoms with Crippen LogP contribution in [0, 0.1) is 11.3 Å². The average Bonchev–Trinajstić information content (AvgIpc) is 2.43. The lowest BCUT2D eigenvalue weighted by Gasteiger charge is -2.37. The van der Waals surface area contributed by atoms with Crippen LogP contribution in [-0.2, 0) is 0 Å². The molecule has 0 amide bonds. The molecule has 0 saturated carbocycles. The molecule has 6 heteroatoms. The van der Waals surface area contributed by atoms with E-state index in [-0.39, 0.29) is 5.04 Å². The highest BCUT2D eigenvalue weighted by atomic mass is 28.4. The van der Waals surface area contributed by atoms with Gasteiger partial charge in [0.2, 0.25) is 5.75 Å². The molecule has 0 aliphatic rings. The van der Waals surface area contributed by atoms with Crippen molar-refractivity contribution in [1.82, 2.24) is 0 Å². The van der Waals surface area contributed by atoms with Crippen LogP contribution in [-0.4, -0.2) is 27.6 Å². The van der Waals surface area contributed by atoms with Gasteiger partial charge >= 0.3 is 0 Å². The molecule has 1 rings (SSSR count). The highest BCUT2D eigenvalue weighted by molar-refractivity contribution is 6.74. The van der Waals surface area contributed by atoms with Crippen LogP contribution in [0.1, 0.15) is 32.4 Å². The second-order valence-corrected chi connectivity index (χ2v) is 11.4. The van der Waals surface area contributed by atoms with Gasteiger partial charge in [-0.3, -0.25) is 0 Å². The maximum Gasteiger partial charge on any atom is 0.250 e. The Kier molecular flexibility index (Phi) is 5.49. The minimum atomic E-state index is -2.10. The number of aliphatic hydroxyl groups is 1. The standard InChI is InChI=1S/C16H25NO4Si/c1-16(2,3)22(6,7)21-14-9-11(12(18)10-17)8-13(19-4)15(14)20-5/h8-9,12,18H,1-7H3/t12-/m0/s1. The normalized spacial score (nSPS) is 13.2. The van der Waals surface area contributed by atoms with Crippen molar-refractivity contribution in [2.24, 2.45) is 0 Å². The molecule has 0 aromatic heterocycles. The van der Waals surface area contributed by atoms with Crippen molar-refractivity contribution < 1.29 is 19.0 Å². The van der Waals surface area contributed by atoms with Crippen LogP contribution in [0.15, 0.2) is 12.1 Å². The molecule has 0 saturated heterocycles. The van der Waals surface area contributed by atoms with Crippen molar-refractivity contribution >= 4 is 8.32 Å². The number of aliphatic hydroxyl groups excluding tert-OH is 1. The van der Waals surface area contributed by atoms with Crippen molar-refractivity contribution in [2.45, 2.75) is 45.0 Å². The van der Waals surface area contributed by atoms with E-state index in [1.54, 1.807) is 18.2 Å². The van der Waals surface area contributed by atoms with Gasteiger partial charge in [0.1, 0.15) is 0 Å². The first kappa shape index (κ1) is 18.3. The number of hydrogen-bond acceptors (Lipinski definition) is 5. The van der Waals surface area contributed by atoms with Crippen molar-refractivity contribution in [3.63, 3.8) is 0 Å². The summed E-state index contributed by atoms with van der Waals surface area (Å²) in [7, 11) is 0.952. The van der Waals surface area contributed by atoms with Crippen molar-refractivity contribution in [3.8, 4) is 23.3 Å². The molecule has 0 heterocycles. The van der Waals surface area contributed by atoms with Crippen LogP contribution in [0.2, 0.25) is 18.1 Å². The van der Waals surface area contributed by atoms with Crippen LogP contribution in [0.25, 0.3) is 0 Å². The lowest BCUT2D eigenvalue weighted by molar-refractivity contribution is 0.234. The van der Waals surface area contributed by atoms with Crippen LogP contribution >= 0.6 is 0 Å². The van der Waals surface area contributed by atoms with E-state index in [0.717, 1.165) is 0 Å². The van der Waals surface area contributed by atoms with Gasteiger partial charge in [-0.2, -0.15) is 5.26 Å². The molecule has 0 aliphatic heterocycles. The largest absolute Gasteiger partial charge is 0.541 e. The minimum absolute atomic E-state index is 0.00902. The smallest absolute Gasteiger partial charge is 0.250 e. The molecular formula is C16H25NO4Si. The first-order chi connectivity index (χ1) is 10.1. The highest BCUT2D eigenvalue weighted by Gasteiger charge is 2.40. The summed E-state index contributed by atoms with van der Waals surface area (Å²) in [6.45, 7) is 10.6. The van der Waals surface area contributed by atoms with Crippen molar-refractivity contribution in [2.75, 3.05) is 14.2 Å². The molecule has 0 radical (unpaired) electrons. The summed E-state index contributed by atoms with van der Waals surface area (Å²) in [6, 6.07) is 5.04. The van der Waals surface area contributed by atoms with E-state index in [1.807, 2.05) is 0 Å². The molecule has 1 aromatic rings. The Morgan fingerprint density at radius 2 is 1.68 bits per heavy atom. The zero-order chi connectivity index (χ0) is 17.1. The highest BCUT2D eigenvalue weighted by Crippen LogP contribution is 2.44. The number of methoxy groups -OCH3 is 2. The predicted octanol–water partition coefficient (Wildman–Crippen LogP) is 3.64. The van der Waals surface area contributed by atoms with E-state index in [9.17, 15) is 5.11 Å². The van der Waals surface area contributed by atoms with Gasteiger partial charge in [-0.15, -0.1) is 0 Å². The maximum atomic E-state index is 9.79. The summed E-state index contributed by atoms with van der Waals surface area (Å²) in [4.78, 5) is 0. The molecule has 22 heavy (non-hydrogen) atoms. The van der Waals surface area contributed by atoms with Gasteiger partial charge in [0.25, 0.3) is 8.32 Å². The monoisotopic (exact) mass is 323 g/mol. The first-order valence-corrected chi connectivity index (χ1v) is 10.0. The molecule has 1 atom stereocenters. The van der Waals surface area contributed by atoms with Crippen LogP contribution in [0.3, 0.4) is 0 Å². The lowest BCUT2D eigenvalue weighted by Crippen LogP contribution is -2.44. The zero-order valence-corrected chi connectivity index (χ0v) is 15.4. The second-order valence-electron chi connectivity index (χ2n) is 6.65. The quantitative estimate of drug-likeness (QED) is 0.661. The van der Waals surface area contributed by atoms with Crippen LogP contribution < -0.4 is 13.9 Å². The topological polar surface area (TPSA) is 71.7 Å². The van der Waals surface area contributed by atoms with E-state index in [1.165, 1.54) is 14.2 Å². The molecule has 5 nitrogen and oxygen atoms in total. The summed E-state index contributed by atoms with van der Waals surface area (Å²) in [5, 5.41) is 18.7. The van der Waals surface area contributed by atoms with Gasteiger partial charge in [0.15, 0.2) is 17.6 Å². The van der Waals surface area contributed by atoms with Crippen LogP contribution in [0.5, 0.6) is 17.2 Å². The van der Waals surface area contributed by atoms with E-state index in [2.05, 4.69) is 33.9 Å². The lowest BCUT2D eigenvalue weighted by atomic mass is 10.1. The van der Waals surface area contributed by atoms with Crippen molar-refractivity contribution in [1.29, 1.82) is 5.26 Å². The van der Waals surface area contributed by atoms with Crippen LogP contribution in [0.4, 0.5) is 0 Å². The summed E-state index contributed by atoms with van der Waals surface area (Å²) >= 11 is 0. The molecular weight excluding hydrogens is 298 g/mol. The van der Waals surface area contributed by atoms with Gasteiger partial charge in [0, 0.05) is 5.56 Å². The number of benzene rings is 1. The fourth-order valence-electron chi connectivity index (χ4n) is 1.69. The fourth-order valence-corrected chi connectivity index (χ4v) is 2.69. The molecule has 1 N–H and O–H groups in total. The van der Waals surface area contributed by atoms with Gasteiger partial charge in [-0.25, -0.2) is 0 Å². The number of nitrogens with zero attached hydrogens (tertiary/aromatic N) is 1. The maximum absolute atomic E-state index is 9.79. The first-order valence-electron chi connectivity index (χ1n) is 7.10. The van der Waals surface area contributed by atoms with Crippen molar-refractivity contribution in [3.05, 3.63) is 17.7 Å². The number of ether oxygens (including phenoxy) is 2. The number of nitriles is 1. The Morgan fingerprint density at radius 3 is 2.09 bits per heavy atom. The van der Waals surface area contributed by atoms with Gasteiger partial charge in [-0.1, -0.05) is 20.8 Å². The zero-order valence-electron chi connectivity index (χ0n) is 14.4. The summed E-state index contributed by atoms with van der Waals surface area (Å²) in [5.41, 5.74) is 0.425. The minimum Gasteiger partial charge on any atom is -0.541 e. The third-order valence-electron chi connectivity index (χ3n) is 4.08. The van der Waals surface area contributed by atoms with Gasteiger partial charge < -0.3 is 19.0 Å². The fraction of sp³-hybridized carbons (Fsp3) is 0.562. The third kappa shape index (κ3) is 3.73. The average molecular weight is 323 g/mol. The molecule has 0 unspecified atom stereocenters. The molecule has 0 fully saturated rings. The third-order valence-corrected chi connectivity index (χ3v) is 8.42.